The Labute approximate surface area is 102 Å². The standard InChI is InChI=1S/C14H17NO2/c1-2-12-7-3-4-8-13(12)17-14(11-16)15-9-5-6-10-15/h2-4,7-8,11,14H,1,5-6,9-10H2. The fourth-order valence-corrected chi connectivity index (χ4v) is 2.07. The van der Waals surface area contributed by atoms with Crippen LogP contribution in [0.4, 0.5) is 0 Å². The number of hydrogen-bond acceptors (Lipinski definition) is 3. The van der Waals surface area contributed by atoms with Crippen molar-refractivity contribution in [2.45, 2.75) is 19.1 Å². The molecule has 1 aromatic rings. The second-order valence-corrected chi connectivity index (χ2v) is 4.13. The molecule has 1 aliphatic rings. The van der Waals surface area contributed by atoms with Crippen LogP contribution in [0.25, 0.3) is 6.08 Å². The van der Waals surface area contributed by atoms with Crippen molar-refractivity contribution in [3.63, 3.8) is 0 Å². The lowest BCUT2D eigenvalue weighted by Crippen LogP contribution is -2.38. The maximum atomic E-state index is 11.1. The van der Waals surface area contributed by atoms with E-state index in [1.54, 1.807) is 6.08 Å². The molecule has 1 atom stereocenters. The number of nitrogens with zero attached hydrogens (tertiary/aromatic N) is 1. The van der Waals surface area contributed by atoms with Gasteiger partial charge in [-0.15, -0.1) is 0 Å². The Bertz CT molecular complexity index is 397. The van der Waals surface area contributed by atoms with Crippen LogP contribution >= 0.6 is 0 Å². The van der Waals surface area contributed by atoms with E-state index in [1.807, 2.05) is 24.3 Å². The minimum Gasteiger partial charge on any atom is -0.467 e. The Hall–Kier alpha value is -1.61. The fraction of sp³-hybridized carbons (Fsp3) is 0.357. The van der Waals surface area contributed by atoms with Gasteiger partial charge in [0.15, 0.2) is 6.29 Å². The molecule has 17 heavy (non-hydrogen) atoms. The van der Waals surface area contributed by atoms with Crippen LogP contribution in [0.3, 0.4) is 0 Å². The van der Waals surface area contributed by atoms with Gasteiger partial charge in [0, 0.05) is 18.7 Å². The second kappa shape index (κ2) is 5.64. The summed E-state index contributed by atoms with van der Waals surface area (Å²) in [6, 6.07) is 7.61. The molecular weight excluding hydrogens is 214 g/mol. The molecule has 1 aromatic carbocycles. The van der Waals surface area contributed by atoms with Crippen molar-refractivity contribution in [2.75, 3.05) is 13.1 Å². The number of para-hydroxylation sites is 1. The highest BCUT2D eigenvalue weighted by molar-refractivity contribution is 5.59. The lowest BCUT2D eigenvalue weighted by molar-refractivity contribution is -0.120. The molecule has 0 spiro atoms. The first-order valence-electron chi connectivity index (χ1n) is 5.92. The van der Waals surface area contributed by atoms with Crippen LogP contribution in [0, 0.1) is 0 Å². The molecule has 1 fully saturated rings. The van der Waals surface area contributed by atoms with E-state index in [2.05, 4.69) is 11.5 Å². The number of benzene rings is 1. The SMILES string of the molecule is C=Cc1ccccc1OC(C=O)N1CCCC1. The van der Waals surface area contributed by atoms with Crippen molar-refractivity contribution in [1.82, 2.24) is 4.90 Å². The highest BCUT2D eigenvalue weighted by Crippen LogP contribution is 2.22. The van der Waals surface area contributed by atoms with E-state index in [9.17, 15) is 4.79 Å². The van der Waals surface area contributed by atoms with E-state index in [0.717, 1.165) is 37.8 Å². The number of ether oxygens (including phenoxy) is 1. The maximum absolute atomic E-state index is 11.1. The molecule has 1 heterocycles. The van der Waals surface area contributed by atoms with E-state index in [-0.39, 0.29) is 0 Å². The number of likely N-dealkylation sites (tertiary alicyclic amines) is 1. The summed E-state index contributed by atoms with van der Waals surface area (Å²) in [6.45, 7) is 5.60. The van der Waals surface area contributed by atoms with Gasteiger partial charge in [0.1, 0.15) is 5.75 Å². The number of carbonyl (C=O) groups excluding carboxylic acids is 1. The largest absolute Gasteiger partial charge is 0.467 e. The minimum atomic E-state index is -0.474. The van der Waals surface area contributed by atoms with Crippen LogP contribution in [0.5, 0.6) is 5.75 Å². The second-order valence-electron chi connectivity index (χ2n) is 4.13. The zero-order chi connectivity index (χ0) is 12.1. The van der Waals surface area contributed by atoms with Crippen LogP contribution < -0.4 is 4.74 Å². The topological polar surface area (TPSA) is 29.5 Å². The molecule has 90 valence electrons. The highest BCUT2D eigenvalue weighted by Gasteiger charge is 2.23. The Morgan fingerprint density at radius 1 is 1.29 bits per heavy atom. The third-order valence-electron chi connectivity index (χ3n) is 3.00. The smallest absolute Gasteiger partial charge is 0.209 e. The third kappa shape index (κ3) is 2.74. The Morgan fingerprint density at radius 3 is 2.65 bits per heavy atom. The number of hydrogen-bond donors (Lipinski definition) is 0. The summed E-state index contributed by atoms with van der Waals surface area (Å²) in [7, 11) is 0. The molecule has 3 heteroatoms. The van der Waals surface area contributed by atoms with Gasteiger partial charge in [0.25, 0.3) is 0 Å². The lowest BCUT2D eigenvalue weighted by atomic mass is 10.2. The molecule has 0 saturated carbocycles. The van der Waals surface area contributed by atoms with Gasteiger partial charge in [-0.05, 0) is 18.9 Å². The summed E-state index contributed by atoms with van der Waals surface area (Å²) in [4.78, 5) is 13.2. The van der Waals surface area contributed by atoms with E-state index in [4.69, 9.17) is 4.74 Å². The first kappa shape index (κ1) is 11.9. The molecular formula is C14H17NO2. The molecule has 1 unspecified atom stereocenters. The van der Waals surface area contributed by atoms with Gasteiger partial charge in [0.2, 0.25) is 6.23 Å². The Balaban J connectivity index is 2.11. The summed E-state index contributed by atoms with van der Waals surface area (Å²) in [5.74, 6) is 0.714. The van der Waals surface area contributed by atoms with Gasteiger partial charge in [-0.1, -0.05) is 30.9 Å². The summed E-state index contributed by atoms with van der Waals surface area (Å²) in [5.41, 5.74) is 0.915. The van der Waals surface area contributed by atoms with Gasteiger partial charge in [-0.3, -0.25) is 9.69 Å². The van der Waals surface area contributed by atoms with E-state index >= 15 is 0 Å². The quantitative estimate of drug-likeness (QED) is 0.728. The van der Waals surface area contributed by atoms with Gasteiger partial charge in [-0.2, -0.15) is 0 Å². The predicted octanol–water partition coefficient (Wildman–Crippen LogP) is 2.33. The third-order valence-corrected chi connectivity index (χ3v) is 3.00. The fourth-order valence-electron chi connectivity index (χ4n) is 2.07. The van der Waals surface area contributed by atoms with E-state index in [1.165, 1.54) is 0 Å². The van der Waals surface area contributed by atoms with Crippen molar-refractivity contribution < 1.29 is 9.53 Å². The molecule has 3 nitrogen and oxygen atoms in total. The molecule has 1 saturated heterocycles. The molecule has 0 N–H and O–H groups in total. The molecule has 0 radical (unpaired) electrons. The Kier molecular flexibility index (Phi) is 3.94. The van der Waals surface area contributed by atoms with Crippen LogP contribution in [0.2, 0.25) is 0 Å². The first-order valence-corrected chi connectivity index (χ1v) is 5.92. The van der Waals surface area contributed by atoms with Crippen molar-refractivity contribution in [3.8, 4) is 5.75 Å². The average molecular weight is 231 g/mol. The van der Waals surface area contributed by atoms with Crippen molar-refractivity contribution >= 4 is 12.4 Å². The first-order chi connectivity index (χ1) is 8.35. The summed E-state index contributed by atoms with van der Waals surface area (Å²) in [6.07, 6.45) is 4.40. The average Bonchev–Trinajstić information content (AvgIpc) is 2.90. The van der Waals surface area contributed by atoms with Gasteiger partial charge in [-0.25, -0.2) is 0 Å². The van der Waals surface area contributed by atoms with Gasteiger partial charge in [0.05, 0.1) is 0 Å². The summed E-state index contributed by atoms with van der Waals surface area (Å²) >= 11 is 0. The van der Waals surface area contributed by atoms with Crippen molar-refractivity contribution in [1.29, 1.82) is 0 Å². The monoisotopic (exact) mass is 231 g/mol. The van der Waals surface area contributed by atoms with Gasteiger partial charge >= 0.3 is 0 Å². The molecule has 0 amide bonds. The molecule has 1 aliphatic heterocycles. The van der Waals surface area contributed by atoms with Crippen LogP contribution in [0.1, 0.15) is 18.4 Å². The lowest BCUT2D eigenvalue weighted by Gasteiger charge is -2.24. The Morgan fingerprint density at radius 2 is 2.00 bits per heavy atom. The number of rotatable bonds is 5. The minimum absolute atomic E-state index is 0.474. The van der Waals surface area contributed by atoms with Crippen molar-refractivity contribution in [2.24, 2.45) is 0 Å². The van der Waals surface area contributed by atoms with Crippen LogP contribution in [-0.2, 0) is 4.79 Å². The molecule has 2 rings (SSSR count). The normalized spacial score (nSPS) is 17.6. The number of aldehydes is 1. The number of carbonyl (C=O) groups is 1. The van der Waals surface area contributed by atoms with E-state index in [0.29, 0.717) is 5.75 Å². The summed E-state index contributed by atoms with van der Waals surface area (Å²) in [5, 5.41) is 0. The molecule has 0 aliphatic carbocycles. The van der Waals surface area contributed by atoms with Crippen molar-refractivity contribution in [3.05, 3.63) is 36.4 Å². The van der Waals surface area contributed by atoms with Gasteiger partial charge < -0.3 is 4.74 Å². The zero-order valence-corrected chi connectivity index (χ0v) is 9.84. The maximum Gasteiger partial charge on any atom is 0.209 e. The van der Waals surface area contributed by atoms with Crippen LogP contribution in [-0.4, -0.2) is 30.5 Å². The predicted molar refractivity (Wildman–Crippen MR) is 67.8 cm³/mol. The summed E-state index contributed by atoms with van der Waals surface area (Å²) < 4.78 is 5.76. The molecule has 0 bridgehead atoms. The van der Waals surface area contributed by atoms with Crippen LogP contribution in [0.15, 0.2) is 30.8 Å². The van der Waals surface area contributed by atoms with E-state index < -0.39 is 6.23 Å². The molecule has 0 aromatic heterocycles. The zero-order valence-electron chi connectivity index (χ0n) is 9.84. The highest BCUT2D eigenvalue weighted by atomic mass is 16.5.